The van der Waals surface area contributed by atoms with Crippen LogP contribution in [0.25, 0.3) is 27.8 Å². The number of aromatic hydroxyl groups is 1. The molecule has 0 spiro atoms. The van der Waals surface area contributed by atoms with E-state index in [0.29, 0.717) is 11.2 Å². The number of aromatic nitrogens is 4. The number of benzene rings is 2. The van der Waals surface area contributed by atoms with Gasteiger partial charge in [-0.2, -0.15) is 0 Å². The lowest BCUT2D eigenvalue weighted by atomic mass is 10.0. The van der Waals surface area contributed by atoms with Crippen LogP contribution in [0.2, 0.25) is 0 Å². The maximum atomic E-state index is 15.0. The molecule has 1 aliphatic heterocycles. The van der Waals surface area contributed by atoms with Crippen molar-refractivity contribution in [1.29, 1.82) is 0 Å². The maximum Gasteiger partial charge on any atom is 0.227 e. The predicted molar refractivity (Wildman–Crippen MR) is 120 cm³/mol. The molecule has 0 bridgehead atoms. The Morgan fingerprint density at radius 1 is 1.03 bits per heavy atom. The minimum atomic E-state index is -0.690. The van der Waals surface area contributed by atoms with Gasteiger partial charge in [0, 0.05) is 36.3 Å². The summed E-state index contributed by atoms with van der Waals surface area (Å²) in [5.74, 6) is -1.42. The maximum absolute atomic E-state index is 15.0. The van der Waals surface area contributed by atoms with E-state index in [1.807, 2.05) is 12.1 Å². The van der Waals surface area contributed by atoms with E-state index in [9.17, 15) is 13.9 Å². The van der Waals surface area contributed by atoms with Gasteiger partial charge in [0.05, 0.1) is 17.1 Å². The second-order valence-electron chi connectivity index (χ2n) is 7.96. The molecule has 0 unspecified atom stereocenters. The molecule has 0 saturated heterocycles. The van der Waals surface area contributed by atoms with Crippen LogP contribution in [0.15, 0.2) is 55.0 Å². The van der Waals surface area contributed by atoms with Gasteiger partial charge >= 0.3 is 0 Å². The third-order valence-electron chi connectivity index (χ3n) is 5.89. The topological polar surface area (TPSA) is 87.4 Å². The van der Waals surface area contributed by atoms with Gasteiger partial charge in [0.25, 0.3) is 0 Å². The monoisotopic (exact) mass is 444 g/mol. The molecular formula is C24H18F2N6O. The van der Waals surface area contributed by atoms with Crippen molar-refractivity contribution in [3.63, 3.8) is 0 Å². The van der Waals surface area contributed by atoms with Crippen LogP contribution in [0.1, 0.15) is 11.1 Å². The van der Waals surface area contributed by atoms with Gasteiger partial charge in [0.2, 0.25) is 5.95 Å². The minimum Gasteiger partial charge on any atom is -0.507 e. The summed E-state index contributed by atoms with van der Waals surface area (Å²) in [4.78, 5) is 12.5. The zero-order valence-electron chi connectivity index (χ0n) is 17.3. The summed E-state index contributed by atoms with van der Waals surface area (Å²) in [7, 11) is 0. The molecule has 5 aromatic rings. The number of imidazole rings is 1. The Morgan fingerprint density at radius 2 is 1.94 bits per heavy atom. The quantitative estimate of drug-likeness (QED) is 0.384. The molecule has 4 heterocycles. The number of nitrogens with one attached hydrogen (secondary N) is 2. The highest BCUT2D eigenvalue weighted by Crippen LogP contribution is 2.34. The van der Waals surface area contributed by atoms with E-state index >= 15 is 0 Å². The van der Waals surface area contributed by atoms with Crippen LogP contribution in [0.3, 0.4) is 0 Å². The van der Waals surface area contributed by atoms with E-state index < -0.39 is 11.6 Å². The van der Waals surface area contributed by atoms with Crippen molar-refractivity contribution in [3.05, 3.63) is 77.8 Å². The molecule has 7 nitrogen and oxygen atoms in total. The van der Waals surface area contributed by atoms with E-state index in [-0.39, 0.29) is 28.3 Å². The van der Waals surface area contributed by atoms with Gasteiger partial charge in [-0.1, -0.05) is 6.07 Å². The van der Waals surface area contributed by atoms with Crippen LogP contribution in [0.5, 0.6) is 5.75 Å². The number of halogens is 2. The minimum absolute atomic E-state index is 0.0275. The van der Waals surface area contributed by atoms with Crippen LogP contribution in [0.4, 0.5) is 20.4 Å². The molecule has 164 valence electrons. The van der Waals surface area contributed by atoms with Gasteiger partial charge in [-0.3, -0.25) is 4.40 Å². The molecule has 0 amide bonds. The van der Waals surface area contributed by atoms with Crippen LogP contribution in [-0.4, -0.2) is 31.0 Å². The molecule has 3 aromatic heterocycles. The number of rotatable bonds is 3. The fourth-order valence-electron chi connectivity index (χ4n) is 4.31. The second-order valence-corrected chi connectivity index (χ2v) is 7.96. The van der Waals surface area contributed by atoms with Crippen LogP contribution < -0.4 is 10.6 Å². The van der Waals surface area contributed by atoms with E-state index in [2.05, 4.69) is 31.7 Å². The lowest BCUT2D eigenvalue weighted by Crippen LogP contribution is -2.23. The SMILES string of the molecule is Oc1cc2nccn2c2cc(-c3nc(Nc4ccc5c(c4)CNCC5)ncc3F)cc(F)c12. The fraction of sp³-hybridized carbons (Fsp3) is 0.125. The zero-order valence-corrected chi connectivity index (χ0v) is 17.3. The molecule has 6 rings (SSSR count). The number of pyridine rings is 1. The summed E-state index contributed by atoms with van der Waals surface area (Å²) in [6, 6.07) is 10.1. The Kier molecular flexibility index (Phi) is 4.44. The first kappa shape index (κ1) is 19.6. The van der Waals surface area contributed by atoms with Gasteiger partial charge in [-0.05, 0) is 48.4 Å². The fourth-order valence-corrected chi connectivity index (χ4v) is 4.31. The third kappa shape index (κ3) is 3.33. The summed E-state index contributed by atoms with van der Waals surface area (Å²) in [6.45, 7) is 1.74. The highest BCUT2D eigenvalue weighted by atomic mass is 19.1. The van der Waals surface area contributed by atoms with Crippen LogP contribution in [-0.2, 0) is 13.0 Å². The molecule has 3 N–H and O–H groups in total. The van der Waals surface area contributed by atoms with Gasteiger partial charge in [-0.15, -0.1) is 0 Å². The first-order chi connectivity index (χ1) is 16.1. The van der Waals surface area contributed by atoms with Crippen LogP contribution >= 0.6 is 0 Å². The van der Waals surface area contributed by atoms with Crippen molar-refractivity contribution in [2.24, 2.45) is 0 Å². The predicted octanol–water partition coefficient (Wildman–Crippen LogP) is 4.32. The summed E-state index contributed by atoms with van der Waals surface area (Å²) < 4.78 is 31.3. The second kappa shape index (κ2) is 7.49. The Morgan fingerprint density at radius 3 is 2.85 bits per heavy atom. The van der Waals surface area contributed by atoms with Crippen molar-refractivity contribution in [1.82, 2.24) is 24.7 Å². The van der Waals surface area contributed by atoms with Crippen molar-refractivity contribution in [2.45, 2.75) is 13.0 Å². The molecule has 9 heteroatoms. The zero-order chi connectivity index (χ0) is 22.5. The largest absolute Gasteiger partial charge is 0.507 e. The Hall–Kier alpha value is -4.11. The molecule has 0 fully saturated rings. The highest BCUT2D eigenvalue weighted by molar-refractivity contribution is 5.91. The number of fused-ring (bicyclic) bond motifs is 4. The highest BCUT2D eigenvalue weighted by Gasteiger charge is 2.17. The van der Waals surface area contributed by atoms with Gasteiger partial charge in [-0.25, -0.2) is 23.7 Å². The molecule has 2 aromatic carbocycles. The summed E-state index contributed by atoms with van der Waals surface area (Å²) in [5, 5.41) is 16.7. The molecule has 0 saturated carbocycles. The molecular weight excluding hydrogens is 426 g/mol. The van der Waals surface area contributed by atoms with Gasteiger partial charge in [0.15, 0.2) is 5.82 Å². The average Bonchev–Trinajstić information content (AvgIpc) is 3.28. The summed E-state index contributed by atoms with van der Waals surface area (Å²) >= 11 is 0. The first-order valence-electron chi connectivity index (χ1n) is 10.5. The van der Waals surface area contributed by atoms with Gasteiger partial charge in [0.1, 0.15) is 22.9 Å². The molecule has 0 aliphatic carbocycles. The average molecular weight is 444 g/mol. The lowest BCUT2D eigenvalue weighted by Gasteiger charge is -2.18. The van der Waals surface area contributed by atoms with E-state index in [0.717, 1.165) is 37.5 Å². The van der Waals surface area contributed by atoms with Gasteiger partial charge < -0.3 is 15.7 Å². The molecule has 0 radical (unpaired) electrons. The van der Waals surface area contributed by atoms with Crippen LogP contribution in [0, 0.1) is 11.6 Å². The number of hydrogen-bond acceptors (Lipinski definition) is 6. The molecule has 1 aliphatic rings. The normalized spacial score (nSPS) is 13.4. The van der Waals surface area contributed by atoms with E-state index in [1.165, 1.54) is 17.2 Å². The molecule has 33 heavy (non-hydrogen) atoms. The number of hydrogen-bond donors (Lipinski definition) is 3. The summed E-state index contributed by atoms with van der Waals surface area (Å²) in [5.41, 5.74) is 4.23. The van der Waals surface area contributed by atoms with E-state index in [1.54, 1.807) is 22.9 Å². The Balaban J connectivity index is 1.43. The smallest absolute Gasteiger partial charge is 0.227 e. The van der Waals surface area contributed by atoms with Crippen molar-refractivity contribution in [2.75, 3.05) is 11.9 Å². The first-order valence-corrected chi connectivity index (χ1v) is 10.5. The number of nitrogens with zero attached hydrogens (tertiary/aromatic N) is 4. The third-order valence-corrected chi connectivity index (χ3v) is 5.89. The van der Waals surface area contributed by atoms with Crippen molar-refractivity contribution < 1.29 is 13.9 Å². The summed E-state index contributed by atoms with van der Waals surface area (Å²) in [6.07, 6.45) is 5.22. The Labute approximate surface area is 186 Å². The molecule has 0 atom stereocenters. The van der Waals surface area contributed by atoms with Crippen molar-refractivity contribution in [3.8, 4) is 17.0 Å². The standard InChI is InChI=1S/C24H18F2N6O/c25-17-8-14(9-19-22(17)20(33)10-21-28-5-6-32(19)21)23-18(26)12-29-24(31-23)30-16-2-1-13-3-4-27-11-15(13)7-16/h1-2,5-10,12,27,33H,3-4,11H2,(H,29,30,31). The Bertz CT molecular complexity index is 1550. The lowest BCUT2D eigenvalue weighted by molar-refractivity contribution is 0.478. The number of anilines is 2. The van der Waals surface area contributed by atoms with E-state index in [4.69, 9.17) is 0 Å². The van der Waals surface area contributed by atoms with Crippen molar-refractivity contribution >= 4 is 28.2 Å².